The first kappa shape index (κ1) is 26.0. The van der Waals surface area contributed by atoms with Crippen molar-refractivity contribution in [2.24, 2.45) is 0 Å². The SMILES string of the molecule is O=C(c1cc(O)c(O)c(OOc2c(O)cc3c4c2oc(=O)c2cc(O)c(O)c(c24)OC3O)c1)c1ccc(O)c(O)c1O. The summed E-state index contributed by atoms with van der Waals surface area (Å²) >= 11 is 0. The van der Waals surface area contributed by atoms with Crippen LogP contribution in [0.3, 0.4) is 0 Å². The Labute approximate surface area is 230 Å². The van der Waals surface area contributed by atoms with Crippen molar-refractivity contribution in [2.75, 3.05) is 0 Å². The van der Waals surface area contributed by atoms with Crippen molar-refractivity contribution in [3.63, 3.8) is 0 Å². The Morgan fingerprint density at radius 2 is 1.45 bits per heavy atom. The lowest BCUT2D eigenvalue weighted by Crippen LogP contribution is -2.15. The molecule has 0 saturated carbocycles. The van der Waals surface area contributed by atoms with Gasteiger partial charge in [0.15, 0.2) is 45.9 Å². The van der Waals surface area contributed by atoms with Gasteiger partial charge in [0.05, 0.1) is 10.9 Å². The minimum absolute atomic E-state index is 0.0799. The smallest absolute Gasteiger partial charge is 0.344 e. The molecular formula is C27H16O15. The Morgan fingerprint density at radius 3 is 2.19 bits per heavy atom. The van der Waals surface area contributed by atoms with Gasteiger partial charge >= 0.3 is 5.63 Å². The quantitative estimate of drug-likeness (QED) is 0.0361. The number of phenols is 8. The fourth-order valence-electron chi connectivity index (χ4n) is 4.54. The van der Waals surface area contributed by atoms with E-state index in [0.29, 0.717) is 0 Å². The fourth-order valence-corrected chi connectivity index (χ4v) is 4.54. The molecule has 0 saturated heterocycles. The molecule has 214 valence electrons. The lowest BCUT2D eigenvalue weighted by atomic mass is 9.97. The standard InChI is InChI=1S/C27H16O15/c28-11-2-1-8(19(33)21(11)35)18(32)7-3-12(29)20(34)15(4-7)41-42-23-14(31)6-10-17-16-9(27(38)40-25(17)23)5-13(30)22(36)24(16)39-26(10)37/h1-6,26,28-31,33-37H. The average Bonchev–Trinajstić information content (AvgIpc) is 2.95. The van der Waals surface area contributed by atoms with E-state index in [1.165, 1.54) is 0 Å². The van der Waals surface area contributed by atoms with E-state index in [4.69, 9.17) is 18.9 Å². The van der Waals surface area contributed by atoms with Crippen molar-refractivity contribution >= 4 is 27.5 Å². The number of benzene rings is 4. The molecule has 0 amide bonds. The van der Waals surface area contributed by atoms with Gasteiger partial charge in [0.1, 0.15) is 0 Å². The summed E-state index contributed by atoms with van der Waals surface area (Å²) in [7, 11) is 0. The molecule has 1 aromatic heterocycles. The summed E-state index contributed by atoms with van der Waals surface area (Å²) in [6.45, 7) is 0. The maximum absolute atomic E-state index is 13.0. The predicted molar refractivity (Wildman–Crippen MR) is 136 cm³/mol. The molecule has 15 heteroatoms. The van der Waals surface area contributed by atoms with Crippen LogP contribution in [0.2, 0.25) is 0 Å². The molecule has 0 bridgehead atoms. The van der Waals surface area contributed by atoms with E-state index in [1.807, 2.05) is 0 Å². The summed E-state index contributed by atoms with van der Waals surface area (Å²) in [6.07, 6.45) is -1.80. The summed E-state index contributed by atoms with van der Waals surface area (Å²) in [5, 5.41) is 90.7. The van der Waals surface area contributed by atoms with Gasteiger partial charge in [-0.3, -0.25) is 14.6 Å². The van der Waals surface area contributed by atoms with E-state index in [2.05, 4.69) is 0 Å². The highest BCUT2D eigenvalue weighted by Gasteiger charge is 2.33. The number of carbonyl (C=O) groups excluding carboxylic acids is 1. The van der Waals surface area contributed by atoms with Crippen LogP contribution in [0, 0.1) is 0 Å². The highest BCUT2D eigenvalue weighted by Crippen LogP contribution is 2.52. The average molecular weight is 580 g/mol. The molecule has 1 unspecified atom stereocenters. The summed E-state index contributed by atoms with van der Waals surface area (Å²) in [5.41, 5.74) is -2.61. The Kier molecular flexibility index (Phi) is 5.51. The molecule has 0 radical (unpaired) electrons. The number of hydrogen-bond acceptors (Lipinski definition) is 15. The Morgan fingerprint density at radius 1 is 0.738 bits per heavy atom. The van der Waals surface area contributed by atoms with Crippen molar-refractivity contribution in [1.82, 2.24) is 0 Å². The highest BCUT2D eigenvalue weighted by atomic mass is 17.2. The van der Waals surface area contributed by atoms with Gasteiger partial charge < -0.3 is 55.1 Å². The molecule has 9 N–H and O–H groups in total. The van der Waals surface area contributed by atoms with Gasteiger partial charge in [0.25, 0.3) is 5.75 Å². The van der Waals surface area contributed by atoms with E-state index in [9.17, 15) is 55.5 Å². The third-order valence-corrected chi connectivity index (χ3v) is 6.55. The number of aliphatic hydroxyl groups is 1. The summed E-state index contributed by atoms with van der Waals surface area (Å²) in [5.74, 6) is -9.61. The van der Waals surface area contributed by atoms with Crippen LogP contribution in [0.25, 0.3) is 21.7 Å². The minimum Gasteiger partial charge on any atom is -0.504 e. The van der Waals surface area contributed by atoms with Gasteiger partial charge in [-0.05, 0) is 30.3 Å². The monoisotopic (exact) mass is 580 g/mol. The van der Waals surface area contributed by atoms with Crippen molar-refractivity contribution in [3.8, 4) is 63.2 Å². The molecule has 1 atom stereocenters. The maximum atomic E-state index is 13.0. The van der Waals surface area contributed by atoms with E-state index in [0.717, 1.165) is 36.4 Å². The number of phenolic OH excluding ortho intramolecular Hbond substituents is 8. The first-order valence-electron chi connectivity index (χ1n) is 11.6. The Bertz CT molecular complexity index is 2060. The lowest BCUT2D eigenvalue weighted by Gasteiger charge is -2.24. The Balaban J connectivity index is 1.46. The summed E-state index contributed by atoms with van der Waals surface area (Å²) in [4.78, 5) is 36.0. The second kappa shape index (κ2) is 8.90. The van der Waals surface area contributed by atoms with Gasteiger partial charge in [0.2, 0.25) is 29.3 Å². The molecule has 0 aliphatic carbocycles. The zero-order valence-electron chi connectivity index (χ0n) is 20.5. The van der Waals surface area contributed by atoms with Crippen molar-refractivity contribution in [2.45, 2.75) is 6.29 Å². The summed E-state index contributed by atoms with van der Waals surface area (Å²) in [6, 6.07) is 5.46. The number of hydrogen-bond donors (Lipinski definition) is 9. The number of rotatable bonds is 5. The molecule has 6 rings (SSSR count). The lowest BCUT2D eigenvalue weighted by molar-refractivity contribution is -0.103. The first-order valence-corrected chi connectivity index (χ1v) is 11.6. The van der Waals surface area contributed by atoms with E-state index < -0.39 is 97.7 Å². The fraction of sp³-hybridized carbons (Fsp3) is 0.0370. The molecule has 0 spiro atoms. The molecule has 5 aromatic rings. The van der Waals surface area contributed by atoms with Crippen molar-refractivity contribution in [1.29, 1.82) is 0 Å². The third-order valence-electron chi connectivity index (χ3n) is 6.55. The molecule has 0 fully saturated rings. The van der Waals surface area contributed by atoms with E-state index >= 15 is 0 Å². The molecular weight excluding hydrogens is 564 g/mol. The predicted octanol–water partition coefficient (Wildman–Crippen LogP) is 2.58. The van der Waals surface area contributed by atoms with Crippen LogP contribution in [-0.4, -0.2) is 51.7 Å². The molecule has 1 aliphatic heterocycles. The first-order chi connectivity index (χ1) is 19.9. The van der Waals surface area contributed by atoms with Crippen LogP contribution in [0.1, 0.15) is 27.8 Å². The summed E-state index contributed by atoms with van der Waals surface area (Å²) < 4.78 is 10.5. The van der Waals surface area contributed by atoms with Crippen LogP contribution < -0.4 is 20.1 Å². The van der Waals surface area contributed by atoms with Gasteiger partial charge in [-0.25, -0.2) is 4.79 Å². The topological polar surface area (TPSA) is 257 Å². The zero-order chi connectivity index (χ0) is 30.2. The molecule has 4 aromatic carbocycles. The largest absolute Gasteiger partial charge is 0.504 e. The van der Waals surface area contributed by atoms with Gasteiger partial charge in [-0.2, -0.15) is 0 Å². The molecule has 1 aliphatic rings. The number of aromatic hydroxyl groups is 8. The molecule has 15 nitrogen and oxygen atoms in total. The van der Waals surface area contributed by atoms with Crippen molar-refractivity contribution in [3.05, 3.63) is 63.5 Å². The van der Waals surface area contributed by atoms with Gasteiger partial charge in [-0.15, -0.1) is 0 Å². The number of carbonyl (C=O) groups is 1. The zero-order valence-corrected chi connectivity index (χ0v) is 20.5. The second-order valence-corrected chi connectivity index (χ2v) is 9.04. The van der Waals surface area contributed by atoms with Crippen LogP contribution in [0.4, 0.5) is 0 Å². The number of ketones is 1. The highest BCUT2D eigenvalue weighted by molar-refractivity contribution is 6.14. The van der Waals surface area contributed by atoms with E-state index in [1.54, 1.807) is 0 Å². The van der Waals surface area contributed by atoms with E-state index in [-0.39, 0.29) is 21.7 Å². The number of ether oxygens (including phenoxy) is 1. The number of aliphatic hydroxyl groups excluding tert-OH is 1. The Hall–Kier alpha value is -6.22. The third kappa shape index (κ3) is 3.65. The molecule has 2 heterocycles. The molecule has 42 heavy (non-hydrogen) atoms. The van der Waals surface area contributed by atoms with Gasteiger partial charge in [-0.1, -0.05) is 0 Å². The maximum Gasteiger partial charge on any atom is 0.344 e. The van der Waals surface area contributed by atoms with Crippen molar-refractivity contribution < 1.29 is 69.7 Å². The van der Waals surface area contributed by atoms with Crippen LogP contribution in [0.5, 0.6) is 63.2 Å². The van der Waals surface area contributed by atoms with Crippen LogP contribution >= 0.6 is 0 Å². The van der Waals surface area contributed by atoms with Crippen LogP contribution in [-0.2, 0) is 0 Å². The second-order valence-electron chi connectivity index (χ2n) is 9.04. The minimum atomic E-state index is -1.80. The normalized spacial score (nSPS) is 13.8. The van der Waals surface area contributed by atoms with Crippen LogP contribution in [0.15, 0.2) is 45.6 Å². The van der Waals surface area contributed by atoms with Gasteiger partial charge in [0, 0.05) is 28.0 Å².